The molecule has 176 valence electrons. The van der Waals surface area contributed by atoms with Gasteiger partial charge in [0.2, 0.25) is 11.5 Å². The lowest BCUT2D eigenvalue weighted by atomic mass is 10.00. The monoisotopic (exact) mass is 445 g/mol. The molecule has 7 nitrogen and oxygen atoms in total. The van der Waals surface area contributed by atoms with Crippen LogP contribution in [-0.2, 0) is 0 Å². The van der Waals surface area contributed by atoms with Gasteiger partial charge in [-0.1, -0.05) is 13.8 Å². The van der Waals surface area contributed by atoms with Crippen molar-refractivity contribution in [2.24, 2.45) is 0 Å². The number of rotatable bonds is 12. The topological polar surface area (TPSA) is 58.6 Å². The van der Waals surface area contributed by atoms with E-state index in [4.69, 9.17) is 28.4 Å². The molecule has 32 heavy (non-hydrogen) atoms. The zero-order valence-electron chi connectivity index (χ0n) is 20.4. The summed E-state index contributed by atoms with van der Waals surface area (Å²) in [5, 5.41) is 0. The van der Waals surface area contributed by atoms with E-state index in [1.165, 1.54) is 0 Å². The predicted molar refractivity (Wildman–Crippen MR) is 128 cm³/mol. The molecule has 2 rings (SSSR count). The molecule has 0 radical (unpaired) electrons. The molecular formula is C25H35NO6. The van der Waals surface area contributed by atoms with Crippen molar-refractivity contribution in [2.75, 3.05) is 62.3 Å². The first-order valence-electron chi connectivity index (χ1n) is 10.5. The minimum atomic E-state index is 0.560. The van der Waals surface area contributed by atoms with Crippen molar-refractivity contribution in [3.63, 3.8) is 0 Å². The Morgan fingerprint density at radius 2 is 1.06 bits per heavy atom. The normalized spacial score (nSPS) is 11.3. The highest BCUT2D eigenvalue weighted by molar-refractivity contribution is 5.85. The van der Waals surface area contributed by atoms with Crippen LogP contribution in [0.25, 0.3) is 11.6 Å². The van der Waals surface area contributed by atoms with Crippen LogP contribution in [0.3, 0.4) is 0 Å². The van der Waals surface area contributed by atoms with Gasteiger partial charge >= 0.3 is 0 Å². The summed E-state index contributed by atoms with van der Waals surface area (Å²) >= 11 is 0. The van der Waals surface area contributed by atoms with E-state index in [1.54, 1.807) is 42.7 Å². The molecule has 0 aliphatic carbocycles. The van der Waals surface area contributed by atoms with Gasteiger partial charge < -0.3 is 28.4 Å². The molecule has 0 aliphatic rings. The quantitative estimate of drug-likeness (QED) is 0.442. The van der Waals surface area contributed by atoms with Crippen LogP contribution in [-0.4, -0.2) is 67.2 Å². The largest absolute Gasteiger partial charge is 0.493 e. The molecule has 0 unspecified atom stereocenters. The summed E-state index contributed by atoms with van der Waals surface area (Å²) in [5.74, 6) is 3.55. The van der Waals surface area contributed by atoms with Crippen molar-refractivity contribution in [3.8, 4) is 34.5 Å². The number of hydrogen-bond donors (Lipinski definition) is 0. The molecule has 7 heteroatoms. The second kappa shape index (κ2) is 12.1. The summed E-state index contributed by atoms with van der Waals surface area (Å²) in [5.41, 5.74) is 2.98. The Hall–Kier alpha value is -3.06. The summed E-state index contributed by atoms with van der Waals surface area (Å²) in [7, 11) is 9.66. The van der Waals surface area contributed by atoms with E-state index < -0.39 is 0 Å². The molecule has 0 fully saturated rings. The Balaban J connectivity index is 2.71. The van der Waals surface area contributed by atoms with E-state index >= 15 is 0 Å². The first-order valence-corrected chi connectivity index (χ1v) is 10.5. The van der Waals surface area contributed by atoms with E-state index in [2.05, 4.69) is 24.8 Å². The maximum atomic E-state index is 5.58. The molecule has 0 saturated heterocycles. The molecule has 0 saturated carbocycles. The van der Waals surface area contributed by atoms with Gasteiger partial charge in [-0.15, -0.1) is 0 Å². The third-order valence-electron chi connectivity index (χ3n) is 5.35. The van der Waals surface area contributed by atoms with Crippen LogP contribution in [0, 0.1) is 0 Å². The summed E-state index contributed by atoms with van der Waals surface area (Å²) < 4.78 is 33.2. The third kappa shape index (κ3) is 5.59. The Kier molecular flexibility index (Phi) is 9.53. The van der Waals surface area contributed by atoms with Gasteiger partial charge in [0.05, 0.1) is 42.7 Å². The number of likely N-dealkylation sites (N-methyl/N-ethyl adjacent to an activating group) is 1. The number of nitrogens with zero attached hydrogens (tertiary/aromatic N) is 1. The second-order valence-corrected chi connectivity index (χ2v) is 7.00. The van der Waals surface area contributed by atoms with Crippen molar-refractivity contribution in [2.45, 2.75) is 13.8 Å². The van der Waals surface area contributed by atoms with Crippen molar-refractivity contribution in [1.82, 2.24) is 4.90 Å². The average molecular weight is 446 g/mol. The molecule has 0 N–H and O–H groups in total. The number of benzene rings is 2. The van der Waals surface area contributed by atoms with E-state index in [1.807, 2.05) is 24.3 Å². The minimum Gasteiger partial charge on any atom is -0.493 e. The highest BCUT2D eigenvalue weighted by atomic mass is 16.5. The standard InChI is InChI=1S/C25H35NO6/c1-9-26(10-2)16-19(18-14-22(29-5)25(32-8)23(15-18)30-6)11-17-12-20(27-3)24(31-7)21(13-17)28-4/h11-15H,9-10,16H2,1-8H3. The lowest BCUT2D eigenvalue weighted by Gasteiger charge is -2.22. The lowest BCUT2D eigenvalue weighted by molar-refractivity contribution is 0.323. The lowest BCUT2D eigenvalue weighted by Crippen LogP contribution is -2.24. The molecule has 0 spiro atoms. The van der Waals surface area contributed by atoms with E-state index in [9.17, 15) is 0 Å². The minimum absolute atomic E-state index is 0.560. The van der Waals surface area contributed by atoms with Crippen molar-refractivity contribution in [1.29, 1.82) is 0 Å². The average Bonchev–Trinajstić information content (AvgIpc) is 2.84. The van der Waals surface area contributed by atoms with Gasteiger partial charge in [0.15, 0.2) is 23.0 Å². The van der Waals surface area contributed by atoms with Gasteiger partial charge in [-0.3, -0.25) is 4.90 Å². The highest BCUT2D eigenvalue weighted by Gasteiger charge is 2.18. The summed E-state index contributed by atoms with van der Waals surface area (Å²) in [6.45, 7) is 6.88. The van der Waals surface area contributed by atoms with Crippen molar-refractivity contribution in [3.05, 3.63) is 35.4 Å². The van der Waals surface area contributed by atoms with Crippen LogP contribution in [0.15, 0.2) is 24.3 Å². The fourth-order valence-electron chi connectivity index (χ4n) is 3.56. The molecule has 0 aliphatic heterocycles. The van der Waals surface area contributed by atoms with Gasteiger partial charge in [-0.2, -0.15) is 0 Å². The zero-order chi connectivity index (χ0) is 23.7. The fourth-order valence-corrected chi connectivity index (χ4v) is 3.56. The van der Waals surface area contributed by atoms with Gasteiger partial charge in [0, 0.05) is 6.54 Å². The van der Waals surface area contributed by atoms with Gasteiger partial charge in [0.1, 0.15) is 0 Å². The Morgan fingerprint density at radius 3 is 1.41 bits per heavy atom. The van der Waals surface area contributed by atoms with Gasteiger partial charge in [-0.05, 0) is 60.1 Å². The molecule has 0 bridgehead atoms. The van der Waals surface area contributed by atoms with Crippen LogP contribution in [0.1, 0.15) is 25.0 Å². The Labute approximate surface area is 191 Å². The maximum Gasteiger partial charge on any atom is 0.203 e. The predicted octanol–water partition coefficient (Wildman–Crippen LogP) is 4.62. The molecular weight excluding hydrogens is 410 g/mol. The molecule has 0 amide bonds. The Bertz CT molecular complexity index is 871. The fraction of sp³-hybridized carbons (Fsp3) is 0.440. The highest BCUT2D eigenvalue weighted by Crippen LogP contribution is 2.42. The first kappa shape index (κ1) is 25.2. The van der Waals surface area contributed by atoms with Gasteiger partial charge in [-0.25, -0.2) is 0 Å². The number of hydrogen-bond acceptors (Lipinski definition) is 7. The maximum absolute atomic E-state index is 5.58. The summed E-state index contributed by atoms with van der Waals surface area (Å²) in [6, 6.07) is 7.80. The van der Waals surface area contributed by atoms with E-state index in [-0.39, 0.29) is 0 Å². The molecule has 2 aromatic carbocycles. The van der Waals surface area contributed by atoms with Crippen LogP contribution < -0.4 is 28.4 Å². The van der Waals surface area contributed by atoms with Crippen molar-refractivity contribution >= 4 is 11.6 Å². The first-order chi connectivity index (χ1) is 15.5. The smallest absolute Gasteiger partial charge is 0.203 e. The summed E-state index contributed by atoms with van der Waals surface area (Å²) in [6.07, 6.45) is 2.11. The summed E-state index contributed by atoms with van der Waals surface area (Å²) in [4.78, 5) is 2.34. The molecule has 0 atom stereocenters. The number of methoxy groups -OCH3 is 6. The molecule has 2 aromatic rings. The van der Waals surface area contributed by atoms with Crippen LogP contribution >= 0.6 is 0 Å². The third-order valence-corrected chi connectivity index (χ3v) is 5.35. The SMILES string of the molecule is CCN(CC)CC(=Cc1cc(OC)c(OC)c(OC)c1)c1cc(OC)c(OC)c(OC)c1. The molecule has 0 aromatic heterocycles. The number of ether oxygens (including phenoxy) is 6. The second-order valence-electron chi connectivity index (χ2n) is 7.00. The van der Waals surface area contributed by atoms with E-state index in [0.29, 0.717) is 34.5 Å². The van der Waals surface area contributed by atoms with Crippen LogP contribution in [0.5, 0.6) is 34.5 Å². The van der Waals surface area contributed by atoms with Gasteiger partial charge in [0.25, 0.3) is 0 Å². The van der Waals surface area contributed by atoms with E-state index in [0.717, 1.165) is 36.3 Å². The van der Waals surface area contributed by atoms with Crippen LogP contribution in [0.2, 0.25) is 0 Å². The Morgan fingerprint density at radius 1 is 0.656 bits per heavy atom. The molecule has 0 heterocycles. The van der Waals surface area contributed by atoms with Crippen LogP contribution in [0.4, 0.5) is 0 Å². The zero-order valence-corrected chi connectivity index (χ0v) is 20.4. The van der Waals surface area contributed by atoms with Crippen molar-refractivity contribution < 1.29 is 28.4 Å².